The molecule has 1 saturated heterocycles. The lowest BCUT2D eigenvalue weighted by atomic mass is 10.1. The normalized spacial score (nSPS) is 15.8. The smallest absolute Gasteiger partial charge is 0.243 e. The summed E-state index contributed by atoms with van der Waals surface area (Å²) in [5.74, 6) is 0.714. The van der Waals surface area contributed by atoms with E-state index >= 15 is 0 Å². The van der Waals surface area contributed by atoms with Crippen molar-refractivity contribution < 1.29 is 13.2 Å². The van der Waals surface area contributed by atoms with Crippen LogP contribution in [-0.2, 0) is 14.8 Å². The number of nitrogens with two attached hydrogens (primary N) is 1. The van der Waals surface area contributed by atoms with Crippen LogP contribution in [-0.4, -0.2) is 57.1 Å². The molecule has 0 unspecified atom stereocenters. The predicted molar refractivity (Wildman–Crippen MR) is 102 cm³/mol. The molecule has 7 nitrogen and oxygen atoms in total. The van der Waals surface area contributed by atoms with E-state index in [-0.39, 0.29) is 0 Å². The Morgan fingerprint density at radius 2 is 1.92 bits per heavy atom. The van der Waals surface area contributed by atoms with E-state index in [1.165, 1.54) is 4.31 Å². The summed E-state index contributed by atoms with van der Waals surface area (Å²) in [5, 5.41) is 3.14. The van der Waals surface area contributed by atoms with Crippen molar-refractivity contribution in [3.05, 3.63) is 42.1 Å². The molecule has 0 bridgehead atoms. The highest BCUT2D eigenvalue weighted by Crippen LogP contribution is 2.28. The van der Waals surface area contributed by atoms with Gasteiger partial charge in [-0.25, -0.2) is 13.4 Å². The summed E-state index contributed by atoms with van der Waals surface area (Å²) in [5.41, 5.74) is 7.98. The average molecular weight is 376 g/mol. The highest BCUT2D eigenvalue weighted by atomic mass is 32.2. The van der Waals surface area contributed by atoms with Crippen LogP contribution in [0.4, 0.5) is 5.82 Å². The lowest BCUT2D eigenvalue weighted by Gasteiger charge is -2.27. The molecule has 3 rings (SSSR count). The van der Waals surface area contributed by atoms with E-state index < -0.39 is 10.0 Å². The van der Waals surface area contributed by atoms with Crippen LogP contribution in [0.2, 0.25) is 0 Å². The molecule has 140 valence electrons. The predicted octanol–water partition coefficient (Wildman–Crippen LogP) is 1.45. The van der Waals surface area contributed by atoms with Gasteiger partial charge in [0, 0.05) is 32.4 Å². The number of pyridine rings is 1. The minimum absolute atomic E-state index is 0.338. The lowest BCUT2D eigenvalue weighted by Crippen LogP contribution is -2.40. The van der Waals surface area contributed by atoms with E-state index in [2.05, 4.69) is 10.3 Å². The third-order valence-electron chi connectivity index (χ3n) is 4.32. The maximum Gasteiger partial charge on any atom is 0.243 e. The number of hydrogen-bond donors (Lipinski definition) is 2. The van der Waals surface area contributed by atoms with E-state index in [0.717, 1.165) is 16.7 Å². The Morgan fingerprint density at radius 3 is 2.65 bits per heavy atom. The standard InChI is InChI=1S/C18H24N4O3S/c1-14-2-3-15(16-4-6-20-18(13-16)21-7-5-19)12-17(14)26(23,24)22-8-10-25-11-9-22/h2-4,6,12-13H,5,7-11,19H2,1H3,(H,20,21). The monoisotopic (exact) mass is 376 g/mol. The number of anilines is 1. The van der Waals surface area contributed by atoms with Gasteiger partial charge < -0.3 is 15.8 Å². The molecule has 1 fully saturated rings. The zero-order chi connectivity index (χ0) is 18.6. The Balaban J connectivity index is 1.95. The molecule has 0 radical (unpaired) electrons. The molecular formula is C18H24N4O3S. The molecule has 2 heterocycles. The zero-order valence-electron chi connectivity index (χ0n) is 14.8. The van der Waals surface area contributed by atoms with Gasteiger partial charge in [0.2, 0.25) is 10.0 Å². The molecular weight excluding hydrogens is 352 g/mol. The van der Waals surface area contributed by atoms with Crippen molar-refractivity contribution in [1.29, 1.82) is 0 Å². The van der Waals surface area contributed by atoms with Crippen LogP contribution >= 0.6 is 0 Å². The van der Waals surface area contributed by atoms with Gasteiger partial charge in [0.25, 0.3) is 0 Å². The van der Waals surface area contributed by atoms with E-state index in [9.17, 15) is 8.42 Å². The molecule has 0 aliphatic carbocycles. The highest BCUT2D eigenvalue weighted by Gasteiger charge is 2.28. The first kappa shape index (κ1) is 18.8. The molecule has 0 atom stereocenters. The van der Waals surface area contributed by atoms with Crippen LogP contribution in [0.15, 0.2) is 41.4 Å². The lowest BCUT2D eigenvalue weighted by molar-refractivity contribution is 0.0730. The van der Waals surface area contributed by atoms with Crippen molar-refractivity contribution >= 4 is 15.8 Å². The van der Waals surface area contributed by atoms with Crippen LogP contribution < -0.4 is 11.1 Å². The van der Waals surface area contributed by atoms with Crippen LogP contribution in [0.5, 0.6) is 0 Å². The van der Waals surface area contributed by atoms with Crippen LogP contribution in [0.1, 0.15) is 5.56 Å². The zero-order valence-corrected chi connectivity index (χ0v) is 15.6. The summed E-state index contributed by atoms with van der Waals surface area (Å²) >= 11 is 0. The number of aromatic nitrogens is 1. The van der Waals surface area contributed by atoms with Gasteiger partial charge in [-0.15, -0.1) is 0 Å². The number of nitrogens with zero attached hydrogens (tertiary/aromatic N) is 2. The highest BCUT2D eigenvalue weighted by molar-refractivity contribution is 7.89. The Bertz CT molecular complexity index is 864. The molecule has 1 aliphatic heterocycles. The van der Waals surface area contributed by atoms with E-state index in [1.807, 2.05) is 31.2 Å². The molecule has 1 aliphatic rings. The Morgan fingerprint density at radius 1 is 1.19 bits per heavy atom. The van der Waals surface area contributed by atoms with Gasteiger partial charge >= 0.3 is 0 Å². The van der Waals surface area contributed by atoms with Crippen molar-refractivity contribution in [1.82, 2.24) is 9.29 Å². The van der Waals surface area contributed by atoms with Gasteiger partial charge in [0.15, 0.2) is 0 Å². The Labute approximate surface area is 154 Å². The molecule has 1 aromatic heterocycles. The second-order valence-electron chi connectivity index (χ2n) is 6.14. The van der Waals surface area contributed by atoms with Gasteiger partial charge in [0.1, 0.15) is 5.82 Å². The first-order valence-corrected chi connectivity index (χ1v) is 10.1. The summed E-state index contributed by atoms with van der Waals surface area (Å²) in [6, 6.07) is 9.27. The van der Waals surface area contributed by atoms with E-state index in [0.29, 0.717) is 50.1 Å². The fourth-order valence-corrected chi connectivity index (χ4v) is 4.55. The number of nitrogens with one attached hydrogen (secondary N) is 1. The first-order chi connectivity index (χ1) is 12.5. The van der Waals surface area contributed by atoms with Gasteiger partial charge in [-0.2, -0.15) is 4.31 Å². The largest absolute Gasteiger partial charge is 0.379 e. The van der Waals surface area contributed by atoms with Crippen molar-refractivity contribution in [3.63, 3.8) is 0 Å². The molecule has 0 saturated carbocycles. The van der Waals surface area contributed by atoms with Gasteiger partial charge in [-0.3, -0.25) is 0 Å². The average Bonchev–Trinajstić information content (AvgIpc) is 2.67. The molecule has 8 heteroatoms. The number of ether oxygens (including phenoxy) is 1. The van der Waals surface area contributed by atoms with Gasteiger partial charge in [-0.1, -0.05) is 12.1 Å². The summed E-state index contributed by atoms with van der Waals surface area (Å²) in [7, 11) is -3.54. The van der Waals surface area contributed by atoms with E-state index in [4.69, 9.17) is 10.5 Å². The summed E-state index contributed by atoms with van der Waals surface area (Å²) in [6.07, 6.45) is 1.70. The first-order valence-electron chi connectivity index (χ1n) is 8.61. The van der Waals surface area contributed by atoms with Crippen LogP contribution in [0, 0.1) is 6.92 Å². The van der Waals surface area contributed by atoms with Gasteiger partial charge in [0.05, 0.1) is 18.1 Å². The second-order valence-corrected chi connectivity index (χ2v) is 8.05. The topological polar surface area (TPSA) is 97.5 Å². The van der Waals surface area contributed by atoms with E-state index in [1.54, 1.807) is 12.3 Å². The quantitative estimate of drug-likeness (QED) is 0.792. The molecule has 0 amide bonds. The van der Waals surface area contributed by atoms with Crippen molar-refractivity contribution in [2.24, 2.45) is 5.73 Å². The minimum Gasteiger partial charge on any atom is -0.379 e. The summed E-state index contributed by atoms with van der Waals surface area (Å²) in [6.45, 7) is 4.58. The SMILES string of the molecule is Cc1ccc(-c2ccnc(NCCN)c2)cc1S(=O)(=O)N1CCOCC1. The summed E-state index contributed by atoms with van der Waals surface area (Å²) in [4.78, 5) is 4.60. The number of rotatable bonds is 6. The maximum atomic E-state index is 13.0. The Kier molecular flexibility index (Phi) is 5.87. The number of aryl methyl sites for hydroxylation is 1. The van der Waals surface area contributed by atoms with Crippen molar-refractivity contribution in [2.75, 3.05) is 44.7 Å². The number of benzene rings is 1. The maximum absolute atomic E-state index is 13.0. The second kappa shape index (κ2) is 8.13. The fourth-order valence-electron chi connectivity index (χ4n) is 2.89. The number of sulfonamides is 1. The van der Waals surface area contributed by atoms with Gasteiger partial charge in [-0.05, 0) is 41.8 Å². The molecule has 2 aromatic rings. The third-order valence-corrected chi connectivity index (χ3v) is 6.36. The fraction of sp³-hybridized carbons (Fsp3) is 0.389. The summed E-state index contributed by atoms with van der Waals surface area (Å²) < 4.78 is 32.8. The molecule has 0 spiro atoms. The van der Waals surface area contributed by atoms with Crippen molar-refractivity contribution in [3.8, 4) is 11.1 Å². The molecule has 3 N–H and O–H groups in total. The molecule has 1 aromatic carbocycles. The van der Waals surface area contributed by atoms with Crippen LogP contribution in [0.25, 0.3) is 11.1 Å². The molecule has 26 heavy (non-hydrogen) atoms. The Hall–Kier alpha value is -2.00. The third kappa shape index (κ3) is 4.04. The van der Waals surface area contributed by atoms with Crippen molar-refractivity contribution in [2.45, 2.75) is 11.8 Å². The number of hydrogen-bond acceptors (Lipinski definition) is 6. The van der Waals surface area contributed by atoms with Crippen LogP contribution in [0.3, 0.4) is 0 Å². The minimum atomic E-state index is -3.54. The number of morpholine rings is 1.